The zero-order chi connectivity index (χ0) is 11.5. The Morgan fingerprint density at radius 2 is 2.00 bits per heavy atom. The van der Waals surface area contributed by atoms with Crippen LogP contribution in [0.2, 0.25) is 0 Å². The summed E-state index contributed by atoms with van der Waals surface area (Å²) in [6.07, 6.45) is 1.02. The van der Waals surface area contributed by atoms with Crippen molar-refractivity contribution < 1.29 is 4.79 Å². The first kappa shape index (κ1) is 14.0. The number of rotatable bonds is 2. The molecule has 1 atom stereocenters. The number of carbonyl (C=O) groups excluding carboxylic acids is 1. The van der Waals surface area contributed by atoms with Gasteiger partial charge in [-0.05, 0) is 37.9 Å². The summed E-state index contributed by atoms with van der Waals surface area (Å²) in [4.78, 5) is 12.1. The van der Waals surface area contributed by atoms with E-state index in [1.165, 1.54) is 0 Å². The van der Waals surface area contributed by atoms with Gasteiger partial charge in [0.15, 0.2) is 0 Å². The van der Waals surface area contributed by atoms with Gasteiger partial charge in [0, 0.05) is 18.2 Å². The standard InChI is InChI=1S/C13H18N2O.ClH/c1-9-4-3-5-10(2)12(9)13(16)15-11-6-7-14-8-11;/h3-5,11,14H,6-8H2,1-2H3,(H,15,16);1H. The first-order valence-corrected chi connectivity index (χ1v) is 5.76. The van der Waals surface area contributed by atoms with Gasteiger partial charge in [0.25, 0.3) is 5.91 Å². The molecule has 0 aliphatic carbocycles. The van der Waals surface area contributed by atoms with Crippen molar-refractivity contribution in [2.24, 2.45) is 0 Å². The molecular formula is C13H19ClN2O. The Labute approximate surface area is 108 Å². The molecule has 17 heavy (non-hydrogen) atoms. The van der Waals surface area contributed by atoms with E-state index < -0.39 is 0 Å². The maximum Gasteiger partial charge on any atom is 0.252 e. The molecule has 94 valence electrons. The lowest BCUT2D eigenvalue weighted by Crippen LogP contribution is -2.36. The number of hydrogen-bond donors (Lipinski definition) is 2. The molecule has 0 aromatic heterocycles. The Morgan fingerprint density at radius 3 is 2.53 bits per heavy atom. The van der Waals surface area contributed by atoms with Crippen molar-refractivity contribution in [3.05, 3.63) is 34.9 Å². The van der Waals surface area contributed by atoms with Crippen molar-refractivity contribution in [3.8, 4) is 0 Å². The molecule has 0 bridgehead atoms. The van der Waals surface area contributed by atoms with Crippen LogP contribution in [0, 0.1) is 13.8 Å². The molecule has 1 saturated heterocycles. The lowest BCUT2D eigenvalue weighted by atomic mass is 10.0. The van der Waals surface area contributed by atoms with Gasteiger partial charge in [-0.25, -0.2) is 0 Å². The monoisotopic (exact) mass is 254 g/mol. The molecule has 1 fully saturated rings. The van der Waals surface area contributed by atoms with Gasteiger partial charge in [0.05, 0.1) is 0 Å². The van der Waals surface area contributed by atoms with E-state index in [4.69, 9.17) is 0 Å². The van der Waals surface area contributed by atoms with Crippen LogP contribution in [0.3, 0.4) is 0 Å². The van der Waals surface area contributed by atoms with Gasteiger partial charge >= 0.3 is 0 Å². The zero-order valence-electron chi connectivity index (χ0n) is 10.2. The average Bonchev–Trinajstić information content (AvgIpc) is 2.70. The van der Waals surface area contributed by atoms with E-state index in [1.54, 1.807) is 0 Å². The second kappa shape index (κ2) is 6.03. The van der Waals surface area contributed by atoms with Gasteiger partial charge in [0.2, 0.25) is 0 Å². The SMILES string of the molecule is Cc1cccc(C)c1C(=O)NC1CCNC1.Cl. The Balaban J connectivity index is 0.00000144. The van der Waals surface area contributed by atoms with E-state index in [9.17, 15) is 4.79 Å². The van der Waals surface area contributed by atoms with Crippen molar-refractivity contribution in [3.63, 3.8) is 0 Å². The largest absolute Gasteiger partial charge is 0.348 e. The maximum atomic E-state index is 12.1. The van der Waals surface area contributed by atoms with Crippen molar-refractivity contribution in [1.82, 2.24) is 10.6 Å². The molecule has 1 aliphatic rings. The van der Waals surface area contributed by atoms with Gasteiger partial charge in [-0.3, -0.25) is 4.79 Å². The highest BCUT2D eigenvalue weighted by Crippen LogP contribution is 2.13. The molecule has 1 unspecified atom stereocenters. The minimum absolute atomic E-state index is 0. The van der Waals surface area contributed by atoms with E-state index >= 15 is 0 Å². The number of nitrogens with one attached hydrogen (secondary N) is 2. The molecule has 1 aromatic rings. The summed E-state index contributed by atoms with van der Waals surface area (Å²) < 4.78 is 0. The first-order valence-electron chi connectivity index (χ1n) is 5.76. The Bertz CT molecular complexity index is 380. The molecule has 3 nitrogen and oxygen atoms in total. The molecule has 0 spiro atoms. The predicted octanol–water partition coefficient (Wildman–Crippen LogP) is 1.82. The summed E-state index contributed by atoms with van der Waals surface area (Å²) in [5.41, 5.74) is 2.92. The second-order valence-corrected chi connectivity index (χ2v) is 4.43. The van der Waals surface area contributed by atoms with E-state index in [2.05, 4.69) is 10.6 Å². The van der Waals surface area contributed by atoms with Gasteiger partial charge in [0.1, 0.15) is 0 Å². The topological polar surface area (TPSA) is 41.1 Å². The minimum atomic E-state index is 0. The van der Waals surface area contributed by atoms with Gasteiger partial charge in [-0.2, -0.15) is 0 Å². The van der Waals surface area contributed by atoms with Crippen molar-refractivity contribution in [1.29, 1.82) is 0 Å². The Hall–Kier alpha value is -1.06. The quantitative estimate of drug-likeness (QED) is 0.845. The third-order valence-corrected chi connectivity index (χ3v) is 3.10. The molecule has 1 heterocycles. The normalized spacial score (nSPS) is 18.6. The third kappa shape index (κ3) is 3.20. The van der Waals surface area contributed by atoms with E-state index in [-0.39, 0.29) is 24.4 Å². The lowest BCUT2D eigenvalue weighted by Gasteiger charge is -2.14. The minimum Gasteiger partial charge on any atom is -0.348 e. The predicted molar refractivity (Wildman–Crippen MR) is 71.9 cm³/mol. The summed E-state index contributed by atoms with van der Waals surface area (Å²) in [6.45, 7) is 5.85. The molecule has 0 saturated carbocycles. The van der Waals surface area contributed by atoms with Crippen LogP contribution in [0.25, 0.3) is 0 Å². The third-order valence-electron chi connectivity index (χ3n) is 3.10. The molecule has 1 aromatic carbocycles. The van der Waals surface area contributed by atoms with Crippen LogP contribution in [0.4, 0.5) is 0 Å². The van der Waals surface area contributed by atoms with Crippen LogP contribution >= 0.6 is 12.4 Å². The van der Waals surface area contributed by atoms with E-state index in [1.807, 2.05) is 32.0 Å². The van der Waals surface area contributed by atoms with Crippen molar-refractivity contribution >= 4 is 18.3 Å². The van der Waals surface area contributed by atoms with Gasteiger partial charge in [-0.15, -0.1) is 12.4 Å². The molecule has 2 rings (SSSR count). The molecular weight excluding hydrogens is 236 g/mol. The van der Waals surface area contributed by atoms with Gasteiger partial charge in [-0.1, -0.05) is 18.2 Å². The van der Waals surface area contributed by atoms with Gasteiger partial charge < -0.3 is 10.6 Å². The molecule has 1 amide bonds. The first-order chi connectivity index (χ1) is 7.68. The highest BCUT2D eigenvalue weighted by Gasteiger charge is 2.19. The van der Waals surface area contributed by atoms with E-state index in [0.717, 1.165) is 36.2 Å². The highest BCUT2D eigenvalue weighted by molar-refractivity contribution is 5.97. The van der Waals surface area contributed by atoms with E-state index in [0.29, 0.717) is 0 Å². The van der Waals surface area contributed by atoms with Crippen LogP contribution in [0.1, 0.15) is 27.9 Å². The summed E-state index contributed by atoms with van der Waals surface area (Å²) in [7, 11) is 0. The zero-order valence-corrected chi connectivity index (χ0v) is 11.1. The summed E-state index contributed by atoms with van der Waals surface area (Å²) in [5.74, 6) is 0.0595. The summed E-state index contributed by atoms with van der Waals surface area (Å²) in [6, 6.07) is 6.23. The molecule has 1 aliphatic heterocycles. The lowest BCUT2D eigenvalue weighted by molar-refractivity contribution is 0.0939. The fourth-order valence-electron chi connectivity index (χ4n) is 2.21. The van der Waals surface area contributed by atoms with Crippen LogP contribution in [-0.2, 0) is 0 Å². The molecule has 0 radical (unpaired) electrons. The van der Waals surface area contributed by atoms with Crippen LogP contribution in [0.15, 0.2) is 18.2 Å². The summed E-state index contributed by atoms with van der Waals surface area (Å²) >= 11 is 0. The second-order valence-electron chi connectivity index (χ2n) is 4.43. The maximum absolute atomic E-state index is 12.1. The van der Waals surface area contributed by atoms with Crippen molar-refractivity contribution in [2.45, 2.75) is 26.3 Å². The number of amides is 1. The average molecular weight is 255 g/mol. The number of aryl methyl sites for hydroxylation is 2. The summed E-state index contributed by atoms with van der Waals surface area (Å²) in [5, 5.41) is 6.32. The fraction of sp³-hybridized carbons (Fsp3) is 0.462. The van der Waals surface area contributed by atoms with Crippen molar-refractivity contribution in [2.75, 3.05) is 13.1 Å². The number of hydrogen-bond acceptors (Lipinski definition) is 2. The smallest absolute Gasteiger partial charge is 0.252 e. The number of carbonyl (C=O) groups is 1. The fourth-order valence-corrected chi connectivity index (χ4v) is 2.21. The molecule has 4 heteroatoms. The number of benzene rings is 1. The highest BCUT2D eigenvalue weighted by atomic mass is 35.5. The Morgan fingerprint density at radius 1 is 1.35 bits per heavy atom. The van der Waals surface area contributed by atoms with Crippen LogP contribution in [0.5, 0.6) is 0 Å². The number of halogens is 1. The van der Waals surface area contributed by atoms with Crippen LogP contribution < -0.4 is 10.6 Å². The van der Waals surface area contributed by atoms with Crippen LogP contribution in [-0.4, -0.2) is 25.0 Å². The Kier molecular flexibility index (Phi) is 4.97. The molecule has 2 N–H and O–H groups in total.